The van der Waals surface area contributed by atoms with Gasteiger partial charge in [0.15, 0.2) is 0 Å². The Hall–Kier alpha value is -1.09. The van der Waals surface area contributed by atoms with E-state index in [9.17, 15) is 4.39 Å². The largest absolute Gasteiger partial charge is 0.371 e. The number of hydrogen-bond acceptors (Lipinski definition) is 2. The van der Waals surface area contributed by atoms with Crippen LogP contribution in [0.15, 0.2) is 12.1 Å². The van der Waals surface area contributed by atoms with Gasteiger partial charge in [-0.15, -0.1) is 0 Å². The Bertz CT molecular complexity index is 443. The van der Waals surface area contributed by atoms with E-state index < -0.39 is 0 Å². The van der Waals surface area contributed by atoms with Crippen molar-refractivity contribution < 1.29 is 4.39 Å². The molecule has 0 spiro atoms. The number of piperidine rings is 1. The molecule has 19 heavy (non-hydrogen) atoms. The zero-order valence-corrected chi connectivity index (χ0v) is 12.2. The summed E-state index contributed by atoms with van der Waals surface area (Å²) in [5, 5.41) is 0. The standard InChI is InChI=1S/C16H25FN2/c1-4-13-6-5-7-19(10-13)16-8-11(2)15(17)9-14(16)12(3)18/h8-9,12-13H,4-7,10,18H2,1-3H3/t12-,13?/m0/s1. The van der Waals surface area contributed by atoms with Crippen LogP contribution in [0.3, 0.4) is 0 Å². The molecule has 0 aromatic heterocycles. The maximum Gasteiger partial charge on any atom is 0.126 e. The number of anilines is 1. The molecule has 2 atom stereocenters. The first-order valence-electron chi connectivity index (χ1n) is 7.33. The SMILES string of the molecule is CCC1CCCN(c2cc(C)c(F)cc2[C@H](C)N)C1. The number of aryl methyl sites for hydroxylation is 1. The summed E-state index contributed by atoms with van der Waals surface area (Å²) >= 11 is 0. The maximum atomic E-state index is 13.8. The van der Waals surface area contributed by atoms with Crippen molar-refractivity contribution >= 4 is 5.69 Å². The summed E-state index contributed by atoms with van der Waals surface area (Å²) < 4.78 is 13.8. The predicted octanol–water partition coefficient (Wildman–Crippen LogP) is 3.78. The van der Waals surface area contributed by atoms with Gasteiger partial charge in [0.1, 0.15) is 5.82 Å². The lowest BCUT2D eigenvalue weighted by molar-refractivity contribution is 0.404. The van der Waals surface area contributed by atoms with Gasteiger partial charge in [0.25, 0.3) is 0 Å². The highest BCUT2D eigenvalue weighted by Gasteiger charge is 2.22. The summed E-state index contributed by atoms with van der Waals surface area (Å²) in [5.74, 6) is 0.597. The van der Waals surface area contributed by atoms with Crippen molar-refractivity contribution in [2.45, 2.75) is 46.1 Å². The van der Waals surface area contributed by atoms with Crippen LogP contribution < -0.4 is 10.6 Å². The Balaban J connectivity index is 2.34. The zero-order chi connectivity index (χ0) is 14.0. The summed E-state index contributed by atoms with van der Waals surface area (Å²) in [5.41, 5.74) is 8.78. The highest BCUT2D eigenvalue weighted by molar-refractivity contribution is 5.57. The molecule has 0 aliphatic carbocycles. The minimum absolute atomic E-state index is 0.132. The van der Waals surface area contributed by atoms with E-state index >= 15 is 0 Å². The number of halogens is 1. The van der Waals surface area contributed by atoms with E-state index in [0.29, 0.717) is 5.56 Å². The molecule has 2 N–H and O–H groups in total. The Morgan fingerprint density at radius 2 is 2.21 bits per heavy atom. The number of rotatable bonds is 3. The highest BCUT2D eigenvalue weighted by atomic mass is 19.1. The van der Waals surface area contributed by atoms with Crippen LogP contribution in [0.25, 0.3) is 0 Å². The number of nitrogens with zero attached hydrogens (tertiary/aromatic N) is 1. The molecule has 2 nitrogen and oxygen atoms in total. The molecule has 1 aliphatic rings. The monoisotopic (exact) mass is 264 g/mol. The van der Waals surface area contributed by atoms with Gasteiger partial charge in [-0.1, -0.05) is 13.3 Å². The average Bonchev–Trinajstić information content (AvgIpc) is 2.41. The van der Waals surface area contributed by atoms with E-state index in [0.717, 1.165) is 30.3 Å². The summed E-state index contributed by atoms with van der Waals surface area (Å²) in [4.78, 5) is 2.39. The van der Waals surface area contributed by atoms with Crippen molar-refractivity contribution in [2.75, 3.05) is 18.0 Å². The number of nitrogens with two attached hydrogens (primary N) is 1. The molecule has 1 fully saturated rings. The van der Waals surface area contributed by atoms with E-state index in [1.165, 1.54) is 19.3 Å². The molecule has 0 radical (unpaired) electrons. The van der Waals surface area contributed by atoms with Crippen molar-refractivity contribution in [3.63, 3.8) is 0 Å². The molecule has 1 unspecified atom stereocenters. The fourth-order valence-corrected chi connectivity index (χ4v) is 2.94. The van der Waals surface area contributed by atoms with Crippen LogP contribution >= 0.6 is 0 Å². The molecule has 0 saturated carbocycles. The molecular formula is C16H25FN2. The van der Waals surface area contributed by atoms with E-state index in [1.807, 2.05) is 19.9 Å². The summed E-state index contributed by atoms with van der Waals surface area (Å²) in [6, 6.07) is 3.45. The predicted molar refractivity (Wildman–Crippen MR) is 79.0 cm³/mol. The summed E-state index contributed by atoms with van der Waals surface area (Å²) in [6.45, 7) is 8.12. The molecule has 0 bridgehead atoms. The molecule has 1 heterocycles. The third-order valence-electron chi connectivity index (χ3n) is 4.24. The van der Waals surface area contributed by atoms with Gasteiger partial charge in [-0.25, -0.2) is 4.39 Å². The van der Waals surface area contributed by atoms with Crippen molar-refractivity contribution in [3.8, 4) is 0 Å². The van der Waals surface area contributed by atoms with Crippen LogP contribution in [0.4, 0.5) is 10.1 Å². The van der Waals surface area contributed by atoms with Gasteiger partial charge in [0, 0.05) is 24.8 Å². The second kappa shape index (κ2) is 5.91. The van der Waals surface area contributed by atoms with Gasteiger partial charge in [-0.2, -0.15) is 0 Å². The third-order valence-corrected chi connectivity index (χ3v) is 4.24. The fraction of sp³-hybridized carbons (Fsp3) is 0.625. The van der Waals surface area contributed by atoms with Crippen LogP contribution in [0.1, 0.15) is 50.3 Å². The Kier molecular flexibility index (Phi) is 4.46. The normalized spacial score (nSPS) is 21.5. The van der Waals surface area contributed by atoms with E-state index in [1.54, 1.807) is 6.07 Å². The van der Waals surface area contributed by atoms with Gasteiger partial charge in [-0.3, -0.25) is 0 Å². The smallest absolute Gasteiger partial charge is 0.126 e. The zero-order valence-electron chi connectivity index (χ0n) is 12.2. The minimum Gasteiger partial charge on any atom is -0.371 e. The Morgan fingerprint density at radius 3 is 2.84 bits per heavy atom. The molecule has 106 valence electrons. The summed E-state index contributed by atoms with van der Waals surface area (Å²) in [7, 11) is 0. The van der Waals surface area contributed by atoms with Crippen molar-refractivity contribution in [2.24, 2.45) is 11.7 Å². The number of hydrogen-bond donors (Lipinski definition) is 1. The lowest BCUT2D eigenvalue weighted by Crippen LogP contribution is -2.36. The van der Waals surface area contributed by atoms with Gasteiger partial charge in [0.05, 0.1) is 0 Å². The molecular weight excluding hydrogens is 239 g/mol. The second-order valence-electron chi connectivity index (χ2n) is 5.81. The van der Waals surface area contributed by atoms with E-state index in [4.69, 9.17) is 5.73 Å². The lowest BCUT2D eigenvalue weighted by Gasteiger charge is -2.36. The Morgan fingerprint density at radius 1 is 1.47 bits per heavy atom. The molecule has 1 aromatic rings. The van der Waals surface area contributed by atoms with Crippen LogP contribution in [0.2, 0.25) is 0 Å². The molecule has 1 saturated heterocycles. The number of benzene rings is 1. The van der Waals surface area contributed by atoms with Gasteiger partial charge in [0.2, 0.25) is 0 Å². The van der Waals surface area contributed by atoms with Gasteiger partial charge >= 0.3 is 0 Å². The minimum atomic E-state index is -0.153. The summed E-state index contributed by atoms with van der Waals surface area (Å²) in [6.07, 6.45) is 3.73. The molecule has 1 aromatic carbocycles. The first-order valence-corrected chi connectivity index (χ1v) is 7.33. The third kappa shape index (κ3) is 3.08. The first kappa shape index (κ1) is 14.3. The molecule has 2 rings (SSSR count). The van der Waals surface area contributed by atoms with E-state index in [2.05, 4.69) is 11.8 Å². The fourth-order valence-electron chi connectivity index (χ4n) is 2.94. The molecule has 3 heteroatoms. The lowest BCUT2D eigenvalue weighted by atomic mass is 9.93. The Labute approximate surface area is 115 Å². The highest BCUT2D eigenvalue weighted by Crippen LogP contribution is 2.32. The van der Waals surface area contributed by atoms with Crippen LogP contribution in [-0.4, -0.2) is 13.1 Å². The topological polar surface area (TPSA) is 29.3 Å². The quantitative estimate of drug-likeness (QED) is 0.900. The first-order chi connectivity index (χ1) is 9.02. The van der Waals surface area contributed by atoms with Crippen LogP contribution in [0, 0.1) is 18.7 Å². The maximum absolute atomic E-state index is 13.8. The molecule has 1 aliphatic heterocycles. The van der Waals surface area contributed by atoms with Gasteiger partial charge < -0.3 is 10.6 Å². The van der Waals surface area contributed by atoms with Crippen LogP contribution in [-0.2, 0) is 0 Å². The molecule has 0 amide bonds. The van der Waals surface area contributed by atoms with Crippen molar-refractivity contribution in [1.82, 2.24) is 0 Å². The van der Waals surface area contributed by atoms with Crippen molar-refractivity contribution in [3.05, 3.63) is 29.1 Å². The van der Waals surface area contributed by atoms with E-state index in [-0.39, 0.29) is 11.9 Å². The second-order valence-corrected chi connectivity index (χ2v) is 5.81. The van der Waals surface area contributed by atoms with Crippen LogP contribution in [0.5, 0.6) is 0 Å². The van der Waals surface area contributed by atoms with Gasteiger partial charge in [-0.05, 0) is 55.9 Å². The van der Waals surface area contributed by atoms with Crippen molar-refractivity contribution in [1.29, 1.82) is 0 Å². The average molecular weight is 264 g/mol.